The number of aromatic nitrogens is 1. The molecular weight excluding hydrogens is 680 g/mol. The number of anilines is 2. The second-order valence-electron chi connectivity index (χ2n) is 11.1. The third-order valence-electron chi connectivity index (χ3n) is 6.98. The van der Waals surface area contributed by atoms with Gasteiger partial charge in [-0.15, -0.1) is 0 Å². The van der Waals surface area contributed by atoms with Gasteiger partial charge in [-0.2, -0.15) is 31.6 Å². The molecule has 5 rings (SSSR count). The van der Waals surface area contributed by atoms with Crippen LogP contribution in [0.2, 0.25) is 0 Å². The van der Waals surface area contributed by atoms with Gasteiger partial charge in [0, 0.05) is 11.1 Å². The summed E-state index contributed by atoms with van der Waals surface area (Å²) in [4.78, 5) is 34.8. The molecule has 18 heteroatoms. The number of aliphatic carboxylic acids is 2. The molecule has 268 valence electrons. The number of aromatic hydroxyl groups is 1. The van der Waals surface area contributed by atoms with Gasteiger partial charge in [0.05, 0.1) is 24.5 Å². The predicted molar refractivity (Wildman–Crippen MR) is 166 cm³/mol. The van der Waals surface area contributed by atoms with Gasteiger partial charge in [0.25, 0.3) is 0 Å². The molecule has 2 fully saturated rings. The molecule has 50 heavy (non-hydrogen) atoms. The highest BCUT2D eigenvalue weighted by molar-refractivity contribution is 5.95. The minimum absolute atomic E-state index is 0.0653. The minimum atomic E-state index is -5.08. The van der Waals surface area contributed by atoms with E-state index >= 15 is 0 Å². The van der Waals surface area contributed by atoms with Crippen molar-refractivity contribution in [2.45, 2.75) is 38.0 Å². The van der Waals surface area contributed by atoms with Crippen molar-refractivity contribution in [3.05, 3.63) is 54.1 Å². The molecule has 1 aromatic heterocycles. The number of carbonyl (C=O) groups excluding carboxylic acids is 1. The van der Waals surface area contributed by atoms with Crippen LogP contribution in [0.4, 0.5) is 37.8 Å². The number of hydrogen-bond acceptors (Lipinski definition) is 9. The first kappa shape index (κ1) is 38.9. The van der Waals surface area contributed by atoms with Gasteiger partial charge in [0.2, 0.25) is 5.91 Å². The van der Waals surface area contributed by atoms with Gasteiger partial charge in [0.15, 0.2) is 0 Å². The summed E-state index contributed by atoms with van der Waals surface area (Å²) in [5, 5.41) is 40.6. The number of hydrogen-bond donors (Lipinski definition) is 6. The highest BCUT2D eigenvalue weighted by atomic mass is 19.4. The van der Waals surface area contributed by atoms with E-state index in [1.807, 2.05) is 12.1 Å². The first-order valence-electron chi connectivity index (χ1n) is 14.8. The third kappa shape index (κ3) is 12.1. The summed E-state index contributed by atoms with van der Waals surface area (Å²) in [6.45, 7) is 1.66. The molecule has 7 N–H and O–H groups in total. The number of benzene rings is 2. The Hall–Kier alpha value is -5.57. The normalized spacial score (nSPS) is 13.8. The van der Waals surface area contributed by atoms with E-state index in [0.717, 1.165) is 19.4 Å². The van der Waals surface area contributed by atoms with Gasteiger partial charge in [0.1, 0.15) is 28.9 Å². The lowest BCUT2D eigenvalue weighted by Crippen LogP contribution is -2.29. The molecule has 2 aromatic carbocycles. The van der Waals surface area contributed by atoms with Crippen LogP contribution in [0.3, 0.4) is 0 Å². The summed E-state index contributed by atoms with van der Waals surface area (Å²) in [5.74, 6) is -3.72. The van der Waals surface area contributed by atoms with E-state index in [-0.39, 0.29) is 29.6 Å². The maximum Gasteiger partial charge on any atom is 0.490 e. The number of ether oxygens (including phenoxy) is 1. The second-order valence-corrected chi connectivity index (χ2v) is 11.1. The molecule has 0 unspecified atom stereocenters. The molecule has 1 amide bonds. The summed E-state index contributed by atoms with van der Waals surface area (Å²) in [6, 6.07) is 16.1. The van der Waals surface area contributed by atoms with E-state index in [4.69, 9.17) is 30.3 Å². The molecule has 0 bridgehead atoms. The third-order valence-corrected chi connectivity index (χ3v) is 6.98. The zero-order valence-corrected chi connectivity index (χ0v) is 25.9. The molecule has 0 atom stereocenters. The van der Waals surface area contributed by atoms with E-state index in [1.54, 1.807) is 36.4 Å². The monoisotopic (exact) mass is 711 g/mol. The van der Waals surface area contributed by atoms with E-state index in [9.17, 15) is 41.5 Å². The van der Waals surface area contributed by atoms with Crippen molar-refractivity contribution in [1.29, 1.82) is 5.26 Å². The van der Waals surface area contributed by atoms with Crippen molar-refractivity contribution in [3.63, 3.8) is 0 Å². The van der Waals surface area contributed by atoms with E-state index in [0.29, 0.717) is 52.3 Å². The summed E-state index contributed by atoms with van der Waals surface area (Å²) < 4.78 is 69.5. The average molecular weight is 712 g/mol. The molecule has 12 nitrogen and oxygen atoms in total. The maximum atomic E-state index is 12.7. The fourth-order valence-electron chi connectivity index (χ4n) is 4.06. The van der Waals surface area contributed by atoms with Crippen LogP contribution in [0.5, 0.6) is 11.5 Å². The lowest BCUT2D eigenvalue weighted by molar-refractivity contribution is -0.193. The molecule has 1 heterocycles. The fourth-order valence-corrected chi connectivity index (χ4v) is 4.06. The lowest BCUT2D eigenvalue weighted by atomic mass is 9.97. The fraction of sp³-hybridized carbons (Fsp3) is 0.344. The topological polar surface area (TPSA) is 208 Å². The minimum Gasteiger partial charge on any atom is -0.507 e. The van der Waals surface area contributed by atoms with Gasteiger partial charge in [-0.25, -0.2) is 14.6 Å². The van der Waals surface area contributed by atoms with Crippen molar-refractivity contribution in [2.75, 3.05) is 30.7 Å². The Morgan fingerprint density at radius 1 is 0.920 bits per heavy atom. The Balaban J connectivity index is 0.000000408. The number of nitrogens with zero attached hydrogens (tertiary/aromatic N) is 2. The van der Waals surface area contributed by atoms with Crippen molar-refractivity contribution in [3.8, 4) is 40.0 Å². The molecule has 2 aliphatic carbocycles. The van der Waals surface area contributed by atoms with Crippen molar-refractivity contribution in [2.24, 2.45) is 11.8 Å². The Morgan fingerprint density at radius 3 is 2.02 bits per heavy atom. The smallest absolute Gasteiger partial charge is 0.490 e. The number of amides is 1. The number of phenols is 1. The largest absolute Gasteiger partial charge is 0.507 e. The van der Waals surface area contributed by atoms with Crippen LogP contribution in [0, 0.1) is 23.2 Å². The van der Waals surface area contributed by atoms with E-state index < -0.39 is 24.3 Å². The summed E-state index contributed by atoms with van der Waals surface area (Å²) in [5.41, 5.74) is 9.11. The number of phenolic OH excluding ortho intramolecular Hbond substituents is 1. The highest BCUT2D eigenvalue weighted by Crippen LogP contribution is 2.38. The van der Waals surface area contributed by atoms with Crippen molar-refractivity contribution < 1.29 is 60.8 Å². The Kier molecular flexibility index (Phi) is 13.0. The number of rotatable bonds is 10. The van der Waals surface area contributed by atoms with Crippen LogP contribution in [0.25, 0.3) is 22.4 Å². The average Bonchev–Trinajstić information content (AvgIpc) is 3.96. The SMILES string of the molecule is N#Cc1c(-c2ccc(OCC3CC3)c(NC(=O)CNCC3CC3)c2)cc(-c2ccccc2O)nc1N.O=C(O)C(F)(F)F.O=C(O)C(F)(F)F. The van der Waals surface area contributed by atoms with Gasteiger partial charge >= 0.3 is 24.3 Å². The number of nitrogens with one attached hydrogen (secondary N) is 2. The molecule has 0 spiro atoms. The Labute approximate surface area is 280 Å². The quantitative estimate of drug-likeness (QED) is 0.143. The Morgan fingerprint density at radius 2 is 1.50 bits per heavy atom. The number of para-hydroxylation sites is 1. The van der Waals surface area contributed by atoms with E-state index in [2.05, 4.69) is 21.7 Å². The summed E-state index contributed by atoms with van der Waals surface area (Å²) in [6.07, 6.45) is -5.42. The van der Waals surface area contributed by atoms with Crippen LogP contribution in [-0.2, 0) is 14.4 Å². The first-order chi connectivity index (χ1) is 23.4. The Bertz CT molecular complexity index is 1710. The van der Waals surface area contributed by atoms with Crippen LogP contribution in [0.1, 0.15) is 31.2 Å². The molecule has 3 aromatic rings. The number of nitrogen functional groups attached to an aromatic ring is 1. The van der Waals surface area contributed by atoms with Gasteiger partial charge in [-0.05, 0) is 80.0 Å². The number of carboxylic acids is 2. The molecule has 0 saturated heterocycles. The molecular formula is C32H31F6N5O7. The van der Waals surface area contributed by atoms with Crippen LogP contribution in [-0.4, -0.2) is 70.2 Å². The lowest BCUT2D eigenvalue weighted by Gasteiger charge is -2.16. The number of nitrogens with two attached hydrogens (primary N) is 1. The first-order valence-corrected chi connectivity index (χ1v) is 14.8. The number of nitriles is 1. The predicted octanol–water partition coefficient (Wildman–Crippen LogP) is 5.57. The zero-order chi connectivity index (χ0) is 37.2. The maximum absolute atomic E-state index is 12.7. The van der Waals surface area contributed by atoms with Gasteiger partial charge < -0.3 is 36.4 Å². The number of carboxylic acid groups (broad SMARTS) is 2. The highest BCUT2D eigenvalue weighted by Gasteiger charge is 2.39. The molecule has 0 aliphatic heterocycles. The molecule has 2 aliphatic rings. The summed E-state index contributed by atoms with van der Waals surface area (Å²) >= 11 is 0. The number of pyridine rings is 1. The van der Waals surface area contributed by atoms with Crippen molar-refractivity contribution >= 4 is 29.4 Å². The molecule has 2 saturated carbocycles. The standard InChI is InChI=1S/C28H29N5O3.2C2HF3O2/c29-13-22-21(12-23(33-28(22)30)20-3-1-2-4-25(20)34)19-9-10-26(36-16-18-7-8-18)24(11-19)32-27(35)15-31-14-17-5-6-17;2*3-2(4,5)1(6)7/h1-4,9-12,17-18,31,34H,5-8,14-16H2,(H2,30,33)(H,32,35);2*(H,6,7). The van der Waals surface area contributed by atoms with Crippen LogP contribution in [0.15, 0.2) is 48.5 Å². The second kappa shape index (κ2) is 16.7. The molecule has 0 radical (unpaired) electrons. The van der Waals surface area contributed by atoms with Gasteiger partial charge in [-0.3, -0.25) is 4.79 Å². The van der Waals surface area contributed by atoms with Crippen molar-refractivity contribution in [1.82, 2.24) is 10.3 Å². The zero-order valence-electron chi connectivity index (χ0n) is 25.9. The van der Waals surface area contributed by atoms with Crippen LogP contribution < -0.4 is 21.1 Å². The number of alkyl halides is 6. The van der Waals surface area contributed by atoms with Crippen LogP contribution >= 0.6 is 0 Å². The number of carbonyl (C=O) groups is 3. The summed E-state index contributed by atoms with van der Waals surface area (Å²) in [7, 11) is 0. The number of halogens is 6. The van der Waals surface area contributed by atoms with E-state index in [1.165, 1.54) is 12.8 Å². The van der Waals surface area contributed by atoms with Gasteiger partial charge in [-0.1, -0.05) is 18.2 Å².